The Labute approximate surface area is 115 Å². The van der Waals surface area contributed by atoms with E-state index in [0.29, 0.717) is 5.82 Å². The molecule has 104 valence electrons. The van der Waals surface area contributed by atoms with Crippen molar-refractivity contribution >= 4 is 11.9 Å². The molecule has 7 nitrogen and oxygen atoms in total. The molecule has 0 spiro atoms. The Hall–Kier alpha value is -2.70. The Morgan fingerprint density at radius 2 is 2.10 bits per heavy atom. The summed E-state index contributed by atoms with van der Waals surface area (Å²) in [4.78, 5) is 32.7. The number of nitrogens with zero attached hydrogens (tertiary/aromatic N) is 4. The second kappa shape index (κ2) is 5.52. The molecule has 7 heteroatoms. The molecule has 2 aromatic rings. The van der Waals surface area contributed by atoms with Crippen molar-refractivity contribution in [3.63, 3.8) is 0 Å². The molecule has 0 aliphatic rings. The van der Waals surface area contributed by atoms with Gasteiger partial charge in [0.25, 0.3) is 5.91 Å². The molecule has 0 fully saturated rings. The summed E-state index contributed by atoms with van der Waals surface area (Å²) in [6.07, 6.45) is 4.81. The molecule has 0 aliphatic heterocycles. The van der Waals surface area contributed by atoms with Crippen molar-refractivity contribution in [3.05, 3.63) is 47.8 Å². The van der Waals surface area contributed by atoms with Crippen molar-refractivity contribution in [3.8, 4) is 0 Å². The zero-order valence-corrected chi connectivity index (χ0v) is 11.1. The second-order valence-corrected chi connectivity index (χ2v) is 4.32. The van der Waals surface area contributed by atoms with Crippen molar-refractivity contribution in [2.75, 3.05) is 7.05 Å². The molecular weight excluding hydrogens is 260 g/mol. The van der Waals surface area contributed by atoms with Gasteiger partial charge in [-0.05, 0) is 12.1 Å². The van der Waals surface area contributed by atoms with E-state index < -0.39 is 11.9 Å². The topological polar surface area (TPSA) is 88.3 Å². The maximum atomic E-state index is 12.3. The van der Waals surface area contributed by atoms with Gasteiger partial charge in [-0.3, -0.25) is 9.78 Å². The number of pyridine rings is 1. The minimum absolute atomic E-state index is 0.0725. The molecular formula is C13H14N4O3. The normalized spacial score (nSPS) is 10.3. The van der Waals surface area contributed by atoms with E-state index in [-0.39, 0.29) is 17.8 Å². The first-order valence-electron chi connectivity index (χ1n) is 5.90. The first-order valence-corrected chi connectivity index (χ1v) is 5.90. The molecule has 0 atom stereocenters. The van der Waals surface area contributed by atoms with Crippen molar-refractivity contribution in [2.24, 2.45) is 7.05 Å². The van der Waals surface area contributed by atoms with Crippen LogP contribution in [0.3, 0.4) is 0 Å². The Morgan fingerprint density at radius 1 is 1.35 bits per heavy atom. The van der Waals surface area contributed by atoms with E-state index >= 15 is 0 Å². The Balaban J connectivity index is 2.23. The van der Waals surface area contributed by atoms with Crippen molar-refractivity contribution < 1.29 is 14.7 Å². The minimum Gasteiger partial charge on any atom is -0.478 e. The Morgan fingerprint density at radius 3 is 2.70 bits per heavy atom. The summed E-state index contributed by atoms with van der Waals surface area (Å²) in [5.41, 5.74) is -0.180. The second-order valence-electron chi connectivity index (χ2n) is 4.32. The van der Waals surface area contributed by atoms with Crippen LogP contribution in [0.25, 0.3) is 0 Å². The lowest BCUT2D eigenvalue weighted by atomic mass is 10.2. The Kier molecular flexibility index (Phi) is 3.79. The number of aryl methyl sites for hydroxylation is 1. The van der Waals surface area contributed by atoms with E-state index in [1.54, 1.807) is 24.0 Å². The zero-order chi connectivity index (χ0) is 14.7. The summed E-state index contributed by atoms with van der Waals surface area (Å²) in [5.74, 6) is -0.925. The summed E-state index contributed by atoms with van der Waals surface area (Å²) >= 11 is 0. The molecule has 0 bridgehead atoms. The summed E-state index contributed by atoms with van der Waals surface area (Å²) in [6.45, 7) is 0.276. The highest BCUT2D eigenvalue weighted by Gasteiger charge is 2.21. The molecule has 1 N–H and O–H groups in total. The highest BCUT2D eigenvalue weighted by molar-refractivity contribution is 6.03. The van der Waals surface area contributed by atoms with Crippen LogP contribution in [0.15, 0.2) is 30.7 Å². The van der Waals surface area contributed by atoms with Crippen molar-refractivity contribution in [2.45, 2.75) is 6.54 Å². The molecule has 0 aromatic carbocycles. The third kappa shape index (κ3) is 2.66. The average molecular weight is 274 g/mol. The average Bonchev–Trinajstić information content (AvgIpc) is 2.83. The number of rotatable bonds is 4. The van der Waals surface area contributed by atoms with Gasteiger partial charge in [0.05, 0.1) is 12.1 Å². The fourth-order valence-corrected chi connectivity index (χ4v) is 1.76. The third-order valence-corrected chi connectivity index (χ3v) is 2.89. The van der Waals surface area contributed by atoms with Gasteiger partial charge in [-0.15, -0.1) is 0 Å². The van der Waals surface area contributed by atoms with Gasteiger partial charge in [-0.2, -0.15) is 0 Å². The lowest BCUT2D eigenvalue weighted by Crippen LogP contribution is -2.29. The van der Waals surface area contributed by atoms with Gasteiger partial charge in [-0.25, -0.2) is 9.78 Å². The lowest BCUT2D eigenvalue weighted by Gasteiger charge is -2.17. The molecule has 0 saturated heterocycles. The smallest absolute Gasteiger partial charge is 0.338 e. The van der Waals surface area contributed by atoms with E-state index in [2.05, 4.69) is 9.97 Å². The number of aromatic nitrogens is 3. The van der Waals surface area contributed by atoms with Gasteiger partial charge in [0.15, 0.2) is 0 Å². The van der Waals surface area contributed by atoms with Gasteiger partial charge in [0.1, 0.15) is 11.5 Å². The van der Waals surface area contributed by atoms with Crippen LogP contribution in [0, 0.1) is 0 Å². The fourth-order valence-electron chi connectivity index (χ4n) is 1.76. The maximum Gasteiger partial charge on any atom is 0.338 e. The summed E-state index contributed by atoms with van der Waals surface area (Å²) in [6, 6.07) is 2.84. The third-order valence-electron chi connectivity index (χ3n) is 2.89. The Bertz CT molecular complexity index is 651. The van der Waals surface area contributed by atoms with E-state index in [4.69, 9.17) is 5.11 Å². The first kappa shape index (κ1) is 13.7. The number of hydrogen-bond donors (Lipinski definition) is 1. The number of carbonyl (C=O) groups excluding carboxylic acids is 1. The standard InChI is InChI=1S/C13H14N4O3/c1-16-7-6-14-10(16)8-17(2)12(18)11-9(13(19)20)4-3-5-15-11/h3-7H,8H2,1-2H3,(H,19,20). The van der Waals surface area contributed by atoms with Crippen molar-refractivity contribution in [1.29, 1.82) is 0 Å². The first-order chi connectivity index (χ1) is 9.50. The molecule has 0 saturated carbocycles. The van der Waals surface area contributed by atoms with Gasteiger partial charge >= 0.3 is 5.97 Å². The van der Waals surface area contributed by atoms with Crippen LogP contribution in [-0.4, -0.2) is 43.5 Å². The van der Waals surface area contributed by atoms with Crippen LogP contribution in [-0.2, 0) is 13.6 Å². The number of carbonyl (C=O) groups is 2. The molecule has 20 heavy (non-hydrogen) atoms. The number of imidazole rings is 1. The van der Waals surface area contributed by atoms with E-state index in [0.717, 1.165) is 0 Å². The molecule has 2 aromatic heterocycles. The summed E-state index contributed by atoms with van der Waals surface area (Å²) < 4.78 is 1.79. The van der Waals surface area contributed by atoms with Gasteiger partial charge < -0.3 is 14.6 Å². The van der Waals surface area contributed by atoms with Crippen LogP contribution in [0.1, 0.15) is 26.7 Å². The van der Waals surface area contributed by atoms with Crippen LogP contribution in [0.5, 0.6) is 0 Å². The van der Waals surface area contributed by atoms with Crippen LogP contribution < -0.4 is 0 Å². The van der Waals surface area contributed by atoms with E-state index in [1.807, 2.05) is 7.05 Å². The predicted octanol–water partition coefficient (Wildman–Crippen LogP) is 0.786. The highest BCUT2D eigenvalue weighted by Crippen LogP contribution is 2.10. The molecule has 2 heterocycles. The number of amides is 1. The van der Waals surface area contributed by atoms with E-state index in [1.165, 1.54) is 23.2 Å². The lowest BCUT2D eigenvalue weighted by molar-refractivity contribution is 0.0677. The quantitative estimate of drug-likeness (QED) is 0.890. The fraction of sp³-hybridized carbons (Fsp3) is 0.231. The van der Waals surface area contributed by atoms with E-state index in [9.17, 15) is 9.59 Å². The molecule has 0 unspecified atom stereocenters. The van der Waals surface area contributed by atoms with Gasteiger partial charge in [0.2, 0.25) is 0 Å². The summed E-state index contributed by atoms with van der Waals surface area (Å²) in [7, 11) is 3.40. The van der Waals surface area contributed by atoms with Gasteiger partial charge in [0, 0.05) is 32.7 Å². The summed E-state index contributed by atoms with van der Waals surface area (Å²) in [5, 5.41) is 9.07. The predicted molar refractivity (Wildman–Crippen MR) is 70.2 cm³/mol. The number of carboxylic acids is 1. The number of carboxylic acid groups (broad SMARTS) is 1. The SMILES string of the molecule is CN(Cc1nccn1C)C(=O)c1ncccc1C(=O)O. The minimum atomic E-state index is -1.17. The van der Waals surface area contributed by atoms with Crippen LogP contribution in [0.4, 0.5) is 0 Å². The number of aromatic carboxylic acids is 1. The van der Waals surface area contributed by atoms with Crippen LogP contribution in [0.2, 0.25) is 0 Å². The van der Waals surface area contributed by atoms with Crippen LogP contribution >= 0.6 is 0 Å². The number of hydrogen-bond acceptors (Lipinski definition) is 4. The largest absolute Gasteiger partial charge is 0.478 e. The molecule has 0 radical (unpaired) electrons. The highest BCUT2D eigenvalue weighted by atomic mass is 16.4. The zero-order valence-electron chi connectivity index (χ0n) is 11.1. The molecule has 0 aliphatic carbocycles. The maximum absolute atomic E-state index is 12.3. The monoisotopic (exact) mass is 274 g/mol. The van der Waals surface area contributed by atoms with Gasteiger partial charge in [-0.1, -0.05) is 0 Å². The van der Waals surface area contributed by atoms with Crippen molar-refractivity contribution in [1.82, 2.24) is 19.4 Å². The molecule has 2 rings (SSSR count). The molecule has 1 amide bonds.